The Bertz CT molecular complexity index is 573. The summed E-state index contributed by atoms with van der Waals surface area (Å²) < 4.78 is 16.0. The van der Waals surface area contributed by atoms with Crippen LogP contribution in [0.2, 0.25) is 0 Å². The molecule has 114 valence electrons. The number of hydrogen-bond donors (Lipinski definition) is 1. The molecule has 1 atom stereocenters. The Morgan fingerprint density at radius 1 is 1.10 bits per heavy atom. The van der Waals surface area contributed by atoms with Crippen LogP contribution in [0.1, 0.15) is 23.5 Å². The molecule has 1 N–H and O–H groups in total. The molecule has 1 unspecified atom stereocenters. The summed E-state index contributed by atoms with van der Waals surface area (Å²) in [7, 11) is 4.88. The summed E-state index contributed by atoms with van der Waals surface area (Å²) in [6.45, 7) is 2.75. The smallest absolute Gasteiger partial charge is 0.164 e. The second-order valence-corrected chi connectivity index (χ2v) is 5.42. The molecule has 1 aromatic heterocycles. The van der Waals surface area contributed by atoms with Crippen molar-refractivity contribution in [1.29, 1.82) is 0 Å². The SMILES string of the molecule is COc1cc(OC)c(OC)cc1CNC(C)c1nccs1. The second kappa shape index (κ2) is 7.28. The van der Waals surface area contributed by atoms with Gasteiger partial charge < -0.3 is 19.5 Å². The third-order valence-corrected chi connectivity index (χ3v) is 4.17. The molecule has 0 amide bonds. The summed E-state index contributed by atoms with van der Waals surface area (Å²) in [5.41, 5.74) is 1.01. The third-order valence-electron chi connectivity index (χ3n) is 3.21. The number of methoxy groups -OCH3 is 3. The largest absolute Gasteiger partial charge is 0.496 e. The number of rotatable bonds is 7. The van der Waals surface area contributed by atoms with Gasteiger partial charge in [-0.05, 0) is 13.0 Å². The van der Waals surface area contributed by atoms with Crippen LogP contribution in [-0.2, 0) is 6.54 Å². The van der Waals surface area contributed by atoms with Gasteiger partial charge in [0.05, 0.1) is 27.4 Å². The van der Waals surface area contributed by atoms with Gasteiger partial charge in [0.1, 0.15) is 10.8 Å². The van der Waals surface area contributed by atoms with E-state index in [0.29, 0.717) is 18.0 Å². The first kappa shape index (κ1) is 15.6. The van der Waals surface area contributed by atoms with E-state index in [4.69, 9.17) is 14.2 Å². The van der Waals surface area contributed by atoms with Crippen LogP contribution in [0.4, 0.5) is 0 Å². The predicted molar refractivity (Wildman–Crippen MR) is 83.5 cm³/mol. The lowest BCUT2D eigenvalue weighted by atomic mass is 10.1. The highest BCUT2D eigenvalue weighted by atomic mass is 32.1. The first-order valence-electron chi connectivity index (χ1n) is 6.61. The summed E-state index contributed by atoms with van der Waals surface area (Å²) >= 11 is 1.64. The maximum Gasteiger partial charge on any atom is 0.164 e. The van der Waals surface area contributed by atoms with Crippen molar-refractivity contribution in [3.05, 3.63) is 34.3 Å². The molecule has 0 radical (unpaired) electrons. The van der Waals surface area contributed by atoms with E-state index in [0.717, 1.165) is 16.3 Å². The summed E-state index contributed by atoms with van der Waals surface area (Å²) in [4.78, 5) is 4.31. The lowest BCUT2D eigenvalue weighted by Crippen LogP contribution is -2.18. The fourth-order valence-corrected chi connectivity index (χ4v) is 2.70. The van der Waals surface area contributed by atoms with E-state index in [1.54, 1.807) is 32.7 Å². The highest BCUT2D eigenvalue weighted by Gasteiger charge is 2.13. The van der Waals surface area contributed by atoms with Crippen LogP contribution >= 0.6 is 11.3 Å². The Balaban J connectivity index is 2.15. The maximum atomic E-state index is 5.42. The average molecular weight is 308 g/mol. The predicted octanol–water partition coefficient (Wildman–Crippen LogP) is 3.02. The maximum absolute atomic E-state index is 5.42. The van der Waals surface area contributed by atoms with Gasteiger partial charge in [0.15, 0.2) is 11.5 Å². The van der Waals surface area contributed by atoms with Crippen molar-refractivity contribution in [2.24, 2.45) is 0 Å². The Hall–Kier alpha value is -1.79. The first-order valence-corrected chi connectivity index (χ1v) is 7.49. The number of ether oxygens (including phenoxy) is 3. The Morgan fingerprint density at radius 3 is 2.33 bits per heavy atom. The topological polar surface area (TPSA) is 52.6 Å². The van der Waals surface area contributed by atoms with E-state index in [9.17, 15) is 0 Å². The molecule has 21 heavy (non-hydrogen) atoms. The fourth-order valence-electron chi connectivity index (χ4n) is 2.03. The normalized spacial score (nSPS) is 12.0. The lowest BCUT2D eigenvalue weighted by molar-refractivity contribution is 0.346. The number of nitrogens with zero attached hydrogens (tertiary/aromatic N) is 1. The number of hydrogen-bond acceptors (Lipinski definition) is 6. The number of thiazole rings is 1. The number of aromatic nitrogens is 1. The van der Waals surface area contributed by atoms with Crippen molar-refractivity contribution in [2.75, 3.05) is 21.3 Å². The van der Waals surface area contributed by atoms with Crippen LogP contribution in [-0.4, -0.2) is 26.3 Å². The quantitative estimate of drug-likeness (QED) is 0.852. The molecule has 0 aliphatic rings. The van der Waals surface area contributed by atoms with Gasteiger partial charge in [-0.1, -0.05) is 0 Å². The van der Waals surface area contributed by atoms with Gasteiger partial charge in [-0.3, -0.25) is 0 Å². The van der Waals surface area contributed by atoms with Crippen LogP contribution < -0.4 is 19.5 Å². The minimum Gasteiger partial charge on any atom is -0.496 e. The fraction of sp³-hybridized carbons (Fsp3) is 0.400. The van der Waals surface area contributed by atoms with Crippen molar-refractivity contribution in [3.8, 4) is 17.2 Å². The molecule has 0 aliphatic heterocycles. The molecular weight excluding hydrogens is 288 g/mol. The molecular formula is C15H20N2O3S. The molecule has 0 bridgehead atoms. The minimum absolute atomic E-state index is 0.183. The van der Waals surface area contributed by atoms with Gasteiger partial charge in [-0.2, -0.15) is 0 Å². The standard InChI is InChI=1S/C15H20N2O3S/c1-10(15-16-5-6-21-15)17-9-11-7-13(19-3)14(20-4)8-12(11)18-2/h5-8,10,17H,9H2,1-4H3. The molecule has 1 aromatic carbocycles. The van der Waals surface area contributed by atoms with E-state index >= 15 is 0 Å². The van der Waals surface area contributed by atoms with Gasteiger partial charge in [0.2, 0.25) is 0 Å². The average Bonchev–Trinajstić information content (AvgIpc) is 3.06. The zero-order valence-corrected chi connectivity index (χ0v) is 13.5. The second-order valence-electron chi connectivity index (χ2n) is 4.49. The molecule has 6 heteroatoms. The summed E-state index contributed by atoms with van der Waals surface area (Å²) in [6, 6.07) is 3.95. The van der Waals surface area contributed by atoms with E-state index < -0.39 is 0 Å². The first-order chi connectivity index (χ1) is 10.2. The Morgan fingerprint density at radius 2 is 1.76 bits per heavy atom. The van der Waals surface area contributed by atoms with Gasteiger partial charge >= 0.3 is 0 Å². The summed E-state index contributed by atoms with van der Waals surface area (Å²) in [6.07, 6.45) is 1.81. The summed E-state index contributed by atoms with van der Waals surface area (Å²) in [5.74, 6) is 2.12. The molecule has 0 fully saturated rings. The van der Waals surface area contributed by atoms with Crippen LogP contribution in [0.15, 0.2) is 23.7 Å². The zero-order valence-electron chi connectivity index (χ0n) is 12.7. The Kier molecular flexibility index (Phi) is 5.41. The molecule has 0 spiro atoms. The van der Waals surface area contributed by atoms with Gasteiger partial charge in [0.25, 0.3) is 0 Å². The van der Waals surface area contributed by atoms with Gasteiger partial charge in [-0.15, -0.1) is 11.3 Å². The van der Waals surface area contributed by atoms with E-state index in [2.05, 4.69) is 17.2 Å². The highest BCUT2D eigenvalue weighted by Crippen LogP contribution is 2.34. The van der Waals surface area contributed by atoms with Crippen molar-refractivity contribution >= 4 is 11.3 Å². The molecule has 2 aromatic rings. The van der Waals surface area contributed by atoms with Gasteiger partial charge in [-0.25, -0.2) is 4.98 Å². The van der Waals surface area contributed by atoms with Crippen LogP contribution in [0.3, 0.4) is 0 Å². The monoisotopic (exact) mass is 308 g/mol. The van der Waals surface area contributed by atoms with Crippen LogP contribution in [0.5, 0.6) is 17.2 Å². The summed E-state index contributed by atoms with van der Waals surface area (Å²) in [5, 5.41) is 6.48. The number of benzene rings is 1. The van der Waals surface area contributed by atoms with E-state index in [1.807, 2.05) is 23.7 Å². The van der Waals surface area contributed by atoms with Crippen LogP contribution in [0, 0.1) is 0 Å². The molecule has 5 nitrogen and oxygen atoms in total. The van der Waals surface area contributed by atoms with Crippen molar-refractivity contribution < 1.29 is 14.2 Å². The van der Waals surface area contributed by atoms with Gasteiger partial charge in [0, 0.05) is 29.8 Å². The lowest BCUT2D eigenvalue weighted by Gasteiger charge is -2.16. The van der Waals surface area contributed by atoms with Crippen molar-refractivity contribution in [1.82, 2.24) is 10.3 Å². The highest BCUT2D eigenvalue weighted by molar-refractivity contribution is 7.09. The van der Waals surface area contributed by atoms with Crippen molar-refractivity contribution in [2.45, 2.75) is 19.5 Å². The molecule has 1 heterocycles. The number of nitrogens with one attached hydrogen (secondary N) is 1. The Labute approximate surface area is 128 Å². The third kappa shape index (κ3) is 3.65. The zero-order chi connectivity index (χ0) is 15.2. The molecule has 0 aliphatic carbocycles. The van der Waals surface area contributed by atoms with E-state index in [1.165, 1.54) is 0 Å². The molecule has 0 saturated carbocycles. The van der Waals surface area contributed by atoms with Crippen molar-refractivity contribution in [3.63, 3.8) is 0 Å². The van der Waals surface area contributed by atoms with E-state index in [-0.39, 0.29) is 6.04 Å². The molecule has 2 rings (SSSR count). The molecule has 0 saturated heterocycles. The van der Waals surface area contributed by atoms with Crippen LogP contribution in [0.25, 0.3) is 0 Å². The minimum atomic E-state index is 0.183.